The summed E-state index contributed by atoms with van der Waals surface area (Å²) in [5.41, 5.74) is 3.84. The van der Waals surface area contributed by atoms with Gasteiger partial charge in [0.15, 0.2) is 0 Å². The lowest BCUT2D eigenvalue weighted by atomic mass is 10.1. The van der Waals surface area contributed by atoms with Gasteiger partial charge < -0.3 is 10.6 Å². The second-order valence-corrected chi connectivity index (χ2v) is 4.57. The van der Waals surface area contributed by atoms with Crippen LogP contribution in [0, 0.1) is 13.8 Å². The Morgan fingerprint density at radius 3 is 2.44 bits per heavy atom. The van der Waals surface area contributed by atoms with Crippen LogP contribution in [0.2, 0.25) is 0 Å². The van der Waals surface area contributed by atoms with Crippen LogP contribution in [-0.2, 0) is 0 Å². The van der Waals surface area contributed by atoms with Crippen LogP contribution >= 0.6 is 11.6 Å². The van der Waals surface area contributed by atoms with Gasteiger partial charge in [0.2, 0.25) is 0 Å². The number of hydrogen-bond donors (Lipinski definition) is 2. The summed E-state index contributed by atoms with van der Waals surface area (Å²) in [7, 11) is 0. The van der Waals surface area contributed by atoms with Crippen LogP contribution in [0.25, 0.3) is 0 Å². The highest BCUT2D eigenvalue weighted by atomic mass is 35.5. The SMILES string of the molecule is Cc1cccc(C)c1NCC(C)NCCCl. The highest BCUT2D eigenvalue weighted by Gasteiger charge is 2.04. The zero-order valence-corrected chi connectivity index (χ0v) is 11.1. The van der Waals surface area contributed by atoms with Crippen LogP contribution in [0.5, 0.6) is 0 Å². The van der Waals surface area contributed by atoms with Crippen molar-refractivity contribution < 1.29 is 0 Å². The third-order valence-electron chi connectivity index (χ3n) is 2.65. The molecule has 0 aromatic heterocycles. The first kappa shape index (κ1) is 13.3. The fraction of sp³-hybridized carbons (Fsp3) is 0.538. The number of nitrogens with one attached hydrogen (secondary N) is 2. The van der Waals surface area contributed by atoms with Crippen LogP contribution in [0.3, 0.4) is 0 Å². The third kappa shape index (κ3) is 4.03. The molecule has 0 aliphatic heterocycles. The number of rotatable bonds is 6. The maximum absolute atomic E-state index is 5.63. The fourth-order valence-electron chi connectivity index (χ4n) is 1.72. The molecule has 3 heteroatoms. The van der Waals surface area contributed by atoms with Crippen molar-refractivity contribution in [3.63, 3.8) is 0 Å². The van der Waals surface area contributed by atoms with Crippen molar-refractivity contribution in [3.05, 3.63) is 29.3 Å². The van der Waals surface area contributed by atoms with Crippen molar-refractivity contribution in [2.45, 2.75) is 26.8 Å². The predicted octanol–water partition coefficient (Wildman–Crippen LogP) is 2.93. The van der Waals surface area contributed by atoms with Crippen molar-refractivity contribution in [2.75, 3.05) is 24.3 Å². The first-order valence-electron chi connectivity index (χ1n) is 5.74. The maximum Gasteiger partial charge on any atom is 0.0400 e. The second kappa shape index (κ2) is 6.77. The van der Waals surface area contributed by atoms with Gasteiger partial charge in [-0.1, -0.05) is 18.2 Å². The van der Waals surface area contributed by atoms with Gasteiger partial charge in [0.25, 0.3) is 0 Å². The van der Waals surface area contributed by atoms with Crippen molar-refractivity contribution in [1.29, 1.82) is 0 Å². The highest BCUT2D eigenvalue weighted by Crippen LogP contribution is 2.18. The van der Waals surface area contributed by atoms with Gasteiger partial charge in [0.05, 0.1) is 0 Å². The van der Waals surface area contributed by atoms with E-state index >= 15 is 0 Å². The Kier molecular flexibility index (Phi) is 5.64. The van der Waals surface area contributed by atoms with Crippen molar-refractivity contribution >= 4 is 17.3 Å². The molecule has 0 heterocycles. The molecule has 1 aromatic carbocycles. The van der Waals surface area contributed by atoms with Crippen molar-refractivity contribution in [1.82, 2.24) is 5.32 Å². The van der Waals surface area contributed by atoms with Crippen molar-refractivity contribution in [3.8, 4) is 0 Å². The molecule has 2 N–H and O–H groups in total. The Morgan fingerprint density at radius 2 is 1.88 bits per heavy atom. The molecule has 90 valence electrons. The number of alkyl halides is 1. The highest BCUT2D eigenvalue weighted by molar-refractivity contribution is 6.18. The number of aryl methyl sites for hydroxylation is 2. The molecule has 1 atom stereocenters. The normalized spacial score (nSPS) is 12.5. The molecule has 0 aliphatic carbocycles. The summed E-state index contributed by atoms with van der Waals surface area (Å²) < 4.78 is 0. The molecule has 0 radical (unpaired) electrons. The van der Waals surface area contributed by atoms with E-state index in [1.807, 2.05) is 0 Å². The second-order valence-electron chi connectivity index (χ2n) is 4.19. The first-order valence-corrected chi connectivity index (χ1v) is 6.28. The molecule has 0 bridgehead atoms. The summed E-state index contributed by atoms with van der Waals surface area (Å²) in [6, 6.07) is 6.78. The minimum atomic E-state index is 0.428. The molecule has 1 unspecified atom stereocenters. The largest absolute Gasteiger partial charge is 0.383 e. The van der Waals surface area contributed by atoms with Crippen LogP contribution in [0.4, 0.5) is 5.69 Å². The minimum Gasteiger partial charge on any atom is -0.383 e. The summed E-state index contributed by atoms with van der Waals surface area (Å²) in [6.45, 7) is 8.20. The van der Waals surface area contributed by atoms with Gasteiger partial charge in [-0.2, -0.15) is 0 Å². The predicted molar refractivity (Wildman–Crippen MR) is 72.6 cm³/mol. The summed E-state index contributed by atoms with van der Waals surface area (Å²) >= 11 is 5.63. The van der Waals surface area contributed by atoms with E-state index < -0.39 is 0 Å². The fourth-order valence-corrected chi connectivity index (χ4v) is 1.83. The molecular weight excluding hydrogens is 220 g/mol. The zero-order valence-electron chi connectivity index (χ0n) is 10.3. The smallest absolute Gasteiger partial charge is 0.0400 e. The molecule has 0 amide bonds. The van der Waals surface area contributed by atoms with Gasteiger partial charge in [-0.15, -0.1) is 11.6 Å². The van der Waals surface area contributed by atoms with Crippen LogP contribution in [0.1, 0.15) is 18.1 Å². The number of anilines is 1. The Balaban J connectivity index is 2.48. The van der Waals surface area contributed by atoms with E-state index in [1.54, 1.807) is 0 Å². The topological polar surface area (TPSA) is 24.1 Å². The van der Waals surface area contributed by atoms with Gasteiger partial charge in [-0.25, -0.2) is 0 Å². The molecule has 1 rings (SSSR count). The van der Waals surface area contributed by atoms with E-state index in [9.17, 15) is 0 Å². The van der Waals surface area contributed by atoms with Gasteiger partial charge in [-0.3, -0.25) is 0 Å². The lowest BCUT2D eigenvalue weighted by Gasteiger charge is -2.17. The Hall–Kier alpha value is -0.730. The number of hydrogen-bond acceptors (Lipinski definition) is 2. The van der Waals surface area contributed by atoms with Crippen molar-refractivity contribution in [2.24, 2.45) is 0 Å². The standard InChI is InChI=1S/C13H21ClN2/c1-10-5-4-6-11(2)13(10)16-9-12(3)15-8-7-14/h4-6,12,15-16H,7-9H2,1-3H3. The van der Waals surface area contributed by atoms with Gasteiger partial charge in [0.1, 0.15) is 0 Å². The van der Waals surface area contributed by atoms with E-state index in [-0.39, 0.29) is 0 Å². The molecule has 0 fully saturated rings. The van der Waals surface area contributed by atoms with E-state index in [2.05, 4.69) is 49.6 Å². The Bertz CT molecular complexity index is 305. The molecule has 0 saturated carbocycles. The number of para-hydroxylation sites is 1. The van der Waals surface area contributed by atoms with E-state index in [0.717, 1.165) is 13.1 Å². The maximum atomic E-state index is 5.63. The zero-order chi connectivity index (χ0) is 12.0. The molecule has 1 aromatic rings. The Morgan fingerprint density at radius 1 is 1.25 bits per heavy atom. The average molecular weight is 241 g/mol. The lowest BCUT2D eigenvalue weighted by Crippen LogP contribution is -2.34. The molecule has 0 aliphatic rings. The van der Waals surface area contributed by atoms with Gasteiger partial charge in [0, 0.05) is 30.7 Å². The molecule has 0 saturated heterocycles. The van der Waals surface area contributed by atoms with Crippen LogP contribution in [0.15, 0.2) is 18.2 Å². The van der Waals surface area contributed by atoms with Gasteiger partial charge in [-0.05, 0) is 31.9 Å². The molecule has 2 nitrogen and oxygen atoms in total. The quantitative estimate of drug-likeness (QED) is 0.748. The molecule has 16 heavy (non-hydrogen) atoms. The Labute approximate surface area is 103 Å². The summed E-state index contributed by atoms with van der Waals surface area (Å²) in [4.78, 5) is 0. The van der Waals surface area contributed by atoms with Crippen LogP contribution < -0.4 is 10.6 Å². The first-order chi connectivity index (χ1) is 7.65. The summed E-state index contributed by atoms with van der Waals surface area (Å²) in [5, 5.41) is 6.83. The number of benzene rings is 1. The molecular formula is C13H21ClN2. The summed E-state index contributed by atoms with van der Waals surface area (Å²) in [6.07, 6.45) is 0. The van der Waals surface area contributed by atoms with Gasteiger partial charge >= 0.3 is 0 Å². The lowest BCUT2D eigenvalue weighted by molar-refractivity contribution is 0.591. The minimum absolute atomic E-state index is 0.428. The summed E-state index contributed by atoms with van der Waals surface area (Å²) in [5.74, 6) is 0.660. The van der Waals surface area contributed by atoms with E-state index in [1.165, 1.54) is 16.8 Å². The third-order valence-corrected chi connectivity index (χ3v) is 2.84. The van der Waals surface area contributed by atoms with E-state index in [0.29, 0.717) is 11.9 Å². The molecule has 0 spiro atoms. The average Bonchev–Trinajstić information content (AvgIpc) is 2.25. The van der Waals surface area contributed by atoms with Crippen LogP contribution in [-0.4, -0.2) is 25.0 Å². The number of halogens is 1. The van der Waals surface area contributed by atoms with E-state index in [4.69, 9.17) is 11.6 Å². The monoisotopic (exact) mass is 240 g/mol.